The predicted molar refractivity (Wildman–Crippen MR) is 176 cm³/mol. The number of amides is 3. The Morgan fingerprint density at radius 2 is 1.94 bits per heavy atom. The Bertz CT molecular complexity index is 1980. The molecule has 0 spiro atoms. The fourth-order valence-corrected chi connectivity index (χ4v) is 4.84. The average Bonchev–Trinajstić information content (AvgIpc) is 3.78. The Hall–Kier alpha value is -5.96. The third-order valence-corrected chi connectivity index (χ3v) is 7.25. The summed E-state index contributed by atoms with van der Waals surface area (Å²) in [7, 11) is 1.23. The molecule has 2 aromatic carbocycles. The highest BCUT2D eigenvalue weighted by Gasteiger charge is 2.18. The number of carbonyl (C=O) groups is 3. The van der Waals surface area contributed by atoms with Gasteiger partial charge < -0.3 is 20.4 Å². The number of carbonyl (C=O) groups excluding carboxylic acids is 3. The number of hydrogen-bond acceptors (Lipinski definition) is 9. The molecule has 0 saturated carbocycles. The van der Waals surface area contributed by atoms with Crippen molar-refractivity contribution in [2.45, 2.75) is 32.7 Å². The normalized spacial score (nSPS) is 11.7. The van der Waals surface area contributed by atoms with Crippen LogP contribution in [0.3, 0.4) is 0 Å². The second-order valence-corrected chi connectivity index (χ2v) is 10.9. The lowest BCUT2D eigenvalue weighted by Crippen LogP contribution is -2.25. The van der Waals surface area contributed by atoms with Crippen LogP contribution in [0.1, 0.15) is 42.2 Å². The standard InChI is InChI=1S/C32H30ClFN10O4/c1-18-4-9-24(34)25(37-18)10-13-30(46)40-26-15-22(39-32(47)48-3)7-8-23(26)27-16-35-31(41-27)19(2)38-29(45)12-5-20-14-21(33)6-11-28(20)44-17-36-42-43-44/h4-9,11-12,14-17,19H,10,13H2,1-3H3,(H,35,41)(H,38,45)(H,39,47)(H,40,46)/b12-5+. The van der Waals surface area contributed by atoms with E-state index in [1.165, 1.54) is 30.3 Å². The third-order valence-electron chi connectivity index (χ3n) is 7.01. The number of anilines is 2. The number of imidazole rings is 1. The zero-order chi connectivity index (χ0) is 34.2. The SMILES string of the molecule is COC(=O)Nc1ccc(-c2c[nH]c(C(C)NC(=O)/C=C/c3cc(Cl)ccc3-n3cnnn3)n2)c(NC(=O)CCc2nc(C)ccc2F)c1. The highest BCUT2D eigenvalue weighted by Crippen LogP contribution is 2.31. The molecule has 246 valence electrons. The molecule has 0 aliphatic rings. The minimum absolute atomic E-state index is 0.0454. The molecule has 16 heteroatoms. The van der Waals surface area contributed by atoms with Crippen molar-refractivity contribution in [3.05, 3.63) is 101 Å². The van der Waals surface area contributed by atoms with E-state index < -0.39 is 29.8 Å². The number of rotatable bonds is 11. The second-order valence-electron chi connectivity index (χ2n) is 10.5. The first-order valence-electron chi connectivity index (χ1n) is 14.6. The van der Waals surface area contributed by atoms with Gasteiger partial charge in [-0.1, -0.05) is 11.6 Å². The molecule has 4 N–H and O–H groups in total. The van der Waals surface area contributed by atoms with Gasteiger partial charge in [0.05, 0.1) is 35.9 Å². The molecule has 5 aromatic rings. The molecule has 14 nitrogen and oxygen atoms in total. The Morgan fingerprint density at radius 1 is 1.10 bits per heavy atom. The molecule has 0 fully saturated rings. The van der Waals surface area contributed by atoms with Crippen LogP contribution in [-0.4, -0.2) is 60.2 Å². The number of methoxy groups -OCH3 is 1. The van der Waals surface area contributed by atoms with E-state index >= 15 is 0 Å². The van der Waals surface area contributed by atoms with Crippen molar-refractivity contribution in [2.24, 2.45) is 0 Å². The van der Waals surface area contributed by atoms with Crippen LogP contribution in [0.5, 0.6) is 0 Å². The van der Waals surface area contributed by atoms with Crippen LogP contribution in [0.2, 0.25) is 5.02 Å². The Kier molecular flexibility index (Phi) is 10.5. The molecular formula is C32H30ClFN10O4. The van der Waals surface area contributed by atoms with Gasteiger partial charge in [0.15, 0.2) is 0 Å². The second kappa shape index (κ2) is 15.1. The van der Waals surface area contributed by atoms with E-state index in [1.807, 2.05) is 0 Å². The maximum Gasteiger partial charge on any atom is 0.411 e. The summed E-state index contributed by atoms with van der Waals surface area (Å²) in [6.07, 6.45) is 5.37. The van der Waals surface area contributed by atoms with E-state index in [0.717, 1.165) is 0 Å². The third kappa shape index (κ3) is 8.44. The van der Waals surface area contributed by atoms with Crippen molar-refractivity contribution in [1.29, 1.82) is 0 Å². The van der Waals surface area contributed by atoms with Gasteiger partial charge >= 0.3 is 6.09 Å². The van der Waals surface area contributed by atoms with E-state index in [1.54, 1.807) is 68.6 Å². The first-order valence-corrected chi connectivity index (χ1v) is 15.0. The lowest BCUT2D eigenvalue weighted by atomic mass is 10.1. The zero-order valence-electron chi connectivity index (χ0n) is 26.0. The Morgan fingerprint density at radius 3 is 2.71 bits per heavy atom. The highest BCUT2D eigenvalue weighted by atomic mass is 35.5. The Labute approximate surface area is 278 Å². The van der Waals surface area contributed by atoms with Gasteiger partial charge in [-0.25, -0.2) is 14.2 Å². The summed E-state index contributed by atoms with van der Waals surface area (Å²) in [4.78, 5) is 49.6. The molecule has 0 bridgehead atoms. The fourth-order valence-electron chi connectivity index (χ4n) is 4.66. The smallest absolute Gasteiger partial charge is 0.411 e. The summed E-state index contributed by atoms with van der Waals surface area (Å²) < 4.78 is 20.3. The van der Waals surface area contributed by atoms with Crippen LogP contribution in [0.15, 0.2) is 67.1 Å². The summed E-state index contributed by atoms with van der Waals surface area (Å²) in [6, 6.07) is 12.3. The lowest BCUT2D eigenvalue weighted by molar-refractivity contribution is -0.117. The quantitative estimate of drug-likeness (QED) is 0.137. The van der Waals surface area contributed by atoms with Crippen LogP contribution in [0, 0.1) is 12.7 Å². The van der Waals surface area contributed by atoms with Crippen LogP contribution < -0.4 is 16.0 Å². The van der Waals surface area contributed by atoms with Gasteiger partial charge in [0, 0.05) is 52.6 Å². The summed E-state index contributed by atoms with van der Waals surface area (Å²) in [5, 5.41) is 19.9. The zero-order valence-corrected chi connectivity index (χ0v) is 26.7. The van der Waals surface area contributed by atoms with Crippen molar-refractivity contribution in [1.82, 2.24) is 40.5 Å². The molecule has 3 aromatic heterocycles. The number of ether oxygens (including phenoxy) is 1. The minimum atomic E-state index is -0.691. The van der Waals surface area contributed by atoms with Crippen molar-refractivity contribution < 1.29 is 23.5 Å². The first-order chi connectivity index (χ1) is 23.1. The molecule has 48 heavy (non-hydrogen) atoms. The van der Waals surface area contributed by atoms with E-state index in [-0.39, 0.29) is 18.5 Å². The monoisotopic (exact) mass is 672 g/mol. The van der Waals surface area contributed by atoms with E-state index in [9.17, 15) is 18.8 Å². The van der Waals surface area contributed by atoms with E-state index in [4.69, 9.17) is 11.6 Å². The molecular weight excluding hydrogens is 643 g/mol. The van der Waals surface area contributed by atoms with E-state index in [0.29, 0.717) is 50.4 Å². The maximum atomic E-state index is 14.2. The van der Waals surface area contributed by atoms with Gasteiger partial charge in [-0.15, -0.1) is 5.10 Å². The molecule has 1 atom stereocenters. The van der Waals surface area contributed by atoms with Crippen molar-refractivity contribution >= 4 is 47.0 Å². The lowest BCUT2D eigenvalue weighted by Gasteiger charge is -2.13. The summed E-state index contributed by atoms with van der Waals surface area (Å²) in [5.74, 6) is -0.842. The number of tetrazole rings is 1. The van der Waals surface area contributed by atoms with Gasteiger partial charge in [-0.05, 0) is 78.9 Å². The first kappa shape index (κ1) is 33.4. The molecule has 0 aliphatic carbocycles. The number of aryl methyl sites for hydroxylation is 2. The van der Waals surface area contributed by atoms with Crippen molar-refractivity contribution in [3.63, 3.8) is 0 Å². The number of aromatic nitrogens is 7. The van der Waals surface area contributed by atoms with Gasteiger partial charge in [0.2, 0.25) is 11.8 Å². The maximum absolute atomic E-state index is 14.2. The van der Waals surface area contributed by atoms with Crippen LogP contribution in [0.25, 0.3) is 23.0 Å². The molecule has 0 aliphatic heterocycles. The molecule has 0 saturated heterocycles. The largest absolute Gasteiger partial charge is 0.453 e. The number of benzene rings is 2. The highest BCUT2D eigenvalue weighted by molar-refractivity contribution is 6.30. The average molecular weight is 673 g/mol. The topological polar surface area (TPSA) is 182 Å². The summed E-state index contributed by atoms with van der Waals surface area (Å²) in [5.41, 5.74) is 3.76. The predicted octanol–water partition coefficient (Wildman–Crippen LogP) is 5.19. The summed E-state index contributed by atoms with van der Waals surface area (Å²) in [6.45, 7) is 3.50. The molecule has 5 rings (SSSR count). The van der Waals surface area contributed by atoms with E-state index in [2.05, 4.69) is 51.2 Å². The van der Waals surface area contributed by atoms with Crippen LogP contribution in [0.4, 0.5) is 20.6 Å². The van der Waals surface area contributed by atoms with Crippen molar-refractivity contribution in [3.8, 4) is 16.9 Å². The minimum Gasteiger partial charge on any atom is -0.453 e. The number of H-pyrrole nitrogens is 1. The van der Waals surface area contributed by atoms with Gasteiger partial charge in [0.25, 0.3) is 0 Å². The van der Waals surface area contributed by atoms with Gasteiger partial charge in [-0.3, -0.25) is 19.9 Å². The van der Waals surface area contributed by atoms with Gasteiger partial charge in [-0.2, -0.15) is 4.68 Å². The van der Waals surface area contributed by atoms with Crippen LogP contribution in [-0.2, 0) is 20.7 Å². The van der Waals surface area contributed by atoms with Crippen LogP contribution >= 0.6 is 11.6 Å². The molecule has 1 unspecified atom stereocenters. The van der Waals surface area contributed by atoms with Gasteiger partial charge in [0.1, 0.15) is 18.0 Å². The van der Waals surface area contributed by atoms with Crippen molar-refractivity contribution in [2.75, 3.05) is 17.7 Å². The number of pyridine rings is 1. The number of halogens is 2. The number of nitrogens with zero attached hydrogens (tertiary/aromatic N) is 6. The number of nitrogens with one attached hydrogen (secondary N) is 4. The summed E-state index contributed by atoms with van der Waals surface area (Å²) >= 11 is 6.17. The molecule has 0 radical (unpaired) electrons. The fraction of sp³-hybridized carbons (Fsp3) is 0.188. The number of hydrogen-bond donors (Lipinski definition) is 4. The molecule has 3 heterocycles. The Balaban J connectivity index is 1.30. The molecule has 3 amide bonds. The number of aromatic amines is 1.